The number of fused-ring (bicyclic) bond motifs is 2. The Morgan fingerprint density at radius 3 is 1.30 bits per heavy atom. The van der Waals surface area contributed by atoms with Crippen molar-refractivity contribution in [3.8, 4) is 0 Å². The van der Waals surface area contributed by atoms with Crippen LogP contribution in [0.15, 0.2) is 119 Å². The van der Waals surface area contributed by atoms with Crippen LogP contribution in [0, 0.1) is 0 Å². The van der Waals surface area contributed by atoms with Gasteiger partial charge in [0.1, 0.15) is 0 Å². The van der Waals surface area contributed by atoms with E-state index in [0.29, 0.717) is 12.9 Å². The Morgan fingerprint density at radius 1 is 0.568 bits per heavy atom. The third kappa shape index (κ3) is 7.93. The molecule has 0 aliphatic carbocycles. The summed E-state index contributed by atoms with van der Waals surface area (Å²) in [5.74, 6) is 0. The zero-order valence-corrected chi connectivity index (χ0v) is 25.2. The molecule has 37 heavy (non-hydrogen) atoms. The molecule has 0 saturated carbocycles. The molecule has 6 aromatic rings. The second-order valence-corrected chi connectivity index (χ2v) is 11.6. The minimum absolute atomic E-state index is 0.382. The van der Waals surface area contributed by atoms with Crippen molar-refractivity contribution < 1.29 is 12.9 Å². The standard InChI is InChI=1S/2C14H11BrN2.2ClH.Co/c2*15-12-7-5-11(6-8-12)9-17-10-16-13-3-1-2-4-14(13)17;;;/h2*1-8,10H,9H2;2*1H;/q;;;;+2/p-2. The summed E-state index contributed by atoms with van der Waals surface area (Å²) in [5, 5.41) is 0. The molecule has 0 N–H and O–H groups in total. The first-order valence-corrected chi connectivity index (χ1v) is 15.6. The molecular weight excluding hydrogens is 682 g/mol. The van der Waals surface area contributed by atoms with Crippen LogP contribution < -0.4 is 0 Å². The Labute approximate surface area is 247 Å². The molecule has 0 spiro atoms. The van der Waals surface area contributed by atoms with Crippen LogP contribution in [0.5, 0.6) is 0 Å². The molecule has 0 saturated heterocycles. The molecule has 4 aromatic carbocycles. The van der Waals surface area contributed by atoms with Gasteiger partial charge >= 0.3 is 33.2 Å². The van der Waals surface area contributed by atoms with E-state index in [1.165, 1.54) is 22.2 Å². The third-order valence-electron chi connectivity index (χ3n) is 5.59. The zero-order valence-electron chi connectivity index (χ0n) is 19.4. The number of hydrogen-bond donors (Lipinski definition) is 0. The van der Waals surface area contributed by atoms with Crippen molar-refractivity contribution in [2.75, 3.05) is 0 Å². The van der Waals surface area contributed by atoms with Crippen LogP contribution >= 0.6 is 52.2 Å². The van der Waals surface area contributed by atoms with Crippen LogP contribution in [0.4, 0.5) is 0 Å². The molecule has 9 heteroatoms. The van der Waals surface area contributed by atoms with Crippen LogP contribution in [0.25, 0.3) is 22.1 Å². The van der Waals surface area contributed by atoms with Crippen molar-refractivity contribution in [1.82, 2.24) is 19.1 Å². The summed E-state index contributed by atoms with van der Waals surface area (Å²) in [5.41, 5.74) is 6.99. The van der Waals surface area contributed by atoms with E-state index >= 15 is 0 Å². The van der Waals surface area contributed by atoms with Gasteiger partial charge in [0.05, 0.1) is 34.7 Å². The van der Waals surface area contributed by atoms with Gasteiger partial charge in [-0.15, -0.1) is 0 Å². The van der Waals surface area contributed by atoms with E-state index in [-0.39, 0.29) is 0 Å². The van der Waals surface area contributed by atoms with Gasteiger partial charge in [-0.2, -0.15) is 0 Å². The van der Waals surface area contributed by atoms with Gasteiger partial charge in [0.2, 0.25) is 0 Å². The molecule has 0 atom stereocenters. The van der Waals surface area contributed by atoms with Crippen molar-refractivity contribution in [2.24, 2.45) is 0 Å². The van der Waals surface area contributed by atoms with Crippen molar-refractivity contribution in [1.29, 1.82) is 0 Å². The van der Waals surface area contributed by atoms with Gasteiger partial charge in [-0.1, -0.05) is 80.4 Å². The molecule has 6 rings (SSSR count). The van der Waals surface area contributed by atoms with E-state index in [2.05, 4.69) is 112 Å². The van der Waals surface area contributed by atoms with Crippen LogP contribution in [0.3, 0.4) is 0 Å². The topological polar surface area (TPSA) is 35.6 Å². The first-order chi connectivity index (χ1) is 18.1. The minimum atomic E-state index is 0.382. The average Bonchev–Trinajstić information content (AvgIpc) is 3.52. The Morgan fingerprint density at radius 2 is 0.919 bits per heavy atom. The Balaban J connectivity index is 0.000000157. The number of halogens is 4. The first-order valence-electron chi connectivity index (χ1n) is 11.2. The maximum atomic E-state index is 4.73. The summed E-state index contributed by atoms with van der Waals surface area (Å²) < 4.78 is 6.55. The van der Waals surface area contributed by atoms with Crippen LogP contribution in [0.1, 0.15) is 11.1 Å². The predicted molar refractivity (Wildman–Crippen MR) is 158 cm³/mol. The summed E-state index contributed by atoms with van der Waals surface area (Å²) in [4.78, 5) is 8.77. The van der Waals surface area contributed by atoms with Crippen molar-refractivity contribution in [3.63, 3.8) is 0 Å². The molecular formula is C28H22Br2Cl2CoN4. The van der Waals surface area contributed by atoms with Crippen LogP contribution in [-0.4, -0.2) is 19.1 Å². The summed E-state index contributed by atoms with van der Waals surface area (Å²) in [6, 6.07) is 33.1. The first kappa shape index (κ1) is 27.9. The number of nitrogens with zero attached hydrogens (tertiary/aromatic N) is 4. The van der Waals surface area contributed by atoms with E-state index < -0.39 is 0 Å². The van der Waals surface area contributed by atoms with Gasteiger partial charge in [-0.3, -0.25) is 0 Å². The fourth-order valence-electron chi connectivity index (χ4n) is 3.85. The van der Waals surface area contributed by atoms with Gasteiger partial charge in [-0.25, -0.2) is 9.97 Å². The summed E-state index contributed by atoms with van der Waals surface area (Å²) in [6.07, 6.45) is 3.79. The number of imidazole rings is 2. The van der Waals surface area contributed by atoms with Crippen molar-refractivity contribution in [2.45, 2.75) is 13.1 Å². The number of para-hydroxylation sites is 4. The SMILES string of the molecule is Brc1ccc(Cn2cnc3ccccc32)cc1.Brc1ccc(Cn2cnc3ccccc32)cc1.[Cl][Co][Cl]. The van der Waals surface area contributed by atoms with E-state index in [0.717, 1.165) is 33.1 Å². The number of benzene rings is 4. The number of hydrogen-bond acceptors (Lipinski definition) is 2. The summed E-state index contributed by atoms with van der Waals surface area (Å²) >= 11 is 7.27. The molecule has 2 heterocycles. The van der Waals surface area contributed by atoms with E-state index in [4.69, 9.17) is 20.3 Å². The quantitative estimate of drug-likeness (QED) is 0.184. The molecule has 0 unspecified atom stereocenters. The van der Waals surface area contributed by atoms with E-state index in [1.807, 2.05) is 49.1 Å². The third-order valence-corrected chi connectivity index (χ3v) is 6.64. The molecule has 2 aromatic heterocycles. The summed E-state index contributed by atoms with van der Waals surface area (Å²) in [7, 11) is 9.47. The molecule has 0 aliphatic rings. The Hall–Kier alpha value is -2.13. The fourth-order valence-corrected chi connectivity index (χ4v) is 4.37. The molecule has 0 bridgehead atoms. The van der Waals surface area contributed by atoms with Gasteiger partial charge in [0.15, 0.2) is 0 Å². The molecule has 0 fully saturated rings. The number of rotatable bonds is 4. The fraction of sp³-hybridized carbons (Fsp3) is 0.0714. The molecule has 191 valence electrons. The molecule has 4 nitrogen and oxygen atoms in total. The van der Waals surface area contributed by atoms with Gasteiger partial charge in [-0.05, 0) is 59.7 Å². The van der Waals surface area contributed by atoms with Gasteiger partial charge in [0.25, 0.3) is 0 Å². The molecule has 0 radical (unpaired) electrons. The average molecular weight is 704 g/mol. The molecule has 0 amide bonds. The van der Waals surface area contributed by atoms with E-state index in [1.54, 1.807) is 0 Å². The van der Waals surface area contributed by atoms with Gasteiger partial charge < -0.3 is 9.13 Å². The Bertz CT molecular complexity index is 1430. The van der Waals surface area contributed by atoms with E-state index in [9.17, 15) is 0 Å². The summed E-state index contributed by atoms with van der Waals surface area (Å²) in [6.45, 7) is 1.71. The van der Waals surface area contributed by atoms with Crippen LogP contribution in [0.2, 0.25) is 0 Å². The molecule has 0 aliphatic heterocycles. The van der Waals surface area contributed by atoms with Crippen molar-refractivity contribution >= 4 is 74.2 Å². The second kappa shape index (κ2) is 14.1. The normalized spacial score (nSPS) is 10.6. The maximum absolute atomic E-state index is 4.73. The Kier molecular flexibility index (Phi) is 10.7. The zero-order chi connectivity index (χ0) is 26.0. The van der Waals surface area contributed by atoms with Crippen molar-refractivity contribution in [3.05, 3.63) is 130 Å². The van der Waals surface area contributed by atoms with Crippen LogP contribution in [-0.2, 0) is 26.0 Å². The number of aromatic nitrogens is 4. The second-order valence-electron chi connectivity index (χ2n) is 8.02. The van der Waals surface area contributed by atoms with Gasteiger partial charge in [0, 0.05) is 22.0 Å². The monoisotopic (exact) mass is 701 g/mol. The predicted octanol–water partition coefficient (Wildman–Crippen LogP) is 9.07.